The summed E-state index contributed by atoms with van der Waals surface area (Å²) in [6, 6.07) is 8.75. The van der Waals surface area contributed by atoms with E-state index in [2.05, 4.69) is 15.4 Å². The molecule has 1 N–H and O–H groups in total. The van der Waals surface area contributed by atoms with Crippen LogP contribution in [0.4, 0.5) is 14.7 Å². The number of para-hydroxylation sites is 2. The minimum Gasteiger partial charge on any atom is -0.313 e. The van der Waals surface area contributed by atoms with Crippen molar-refractivity contribution in [2.24, 2.45) is 7.05 Å². The van der Waals surface area contributed by atoms with Gasteiger partial charge in [-0.1, -0.05) is 12.1 Å². The van der Waals surface area contributed by atoms with Crippen LogP contribution in [0.1, 0.15) is 17.8 Å². The molecule has 0 radical (unpaired) electrons. The van der Waals surface area contributed by atoms with Crippen molar-refractivity contribution in [1.29, 1.82) is 0 Å². The van der Waals surface area contributed by atoms with Crippen LogP contribution in [0.2, 0.25) is 0 Å². The Morgan fingerprint density at radius 1 is 1.35 bits per heavy atom. The number of alkyl halides is 2. The van der Waals surface area contributed by atoms with Gasteiger partial charge in [0.1, 0.15) is 12.2 Å². The lowest BCUT2D eigenvalue weighted by molar-refractivity contribution is -0.117. The molecule has 0 aliphatic carbocycles. The Balaban J connectivity index is 1.77. The summed E-state index contributed by atoms with van der Waals surface area (Å²) in [5, 5.41) is 6.41. The second-order valence-electron chi connectivity index (χ2n) is 5.20. The number of nitrogens with one attached hydrogen (secondary N) is 1. The third-order valence-corrected chi connectivity index (χ3v) is 3.56. The summed E-state index contributed by atoms with van der Waals surface area (Å²) in [5.41, 5.74) is 1.82. The van der Waals surface area contributed by atoms with E-state index in [-0.39, 0.29) is 18.1 Å². The first-order chi connectivity index (χ1) is 11.0. The molecule has 0 bridgehead atoms. The Morgan fingerprint density at radius 3 is 2.74 bits per heavy atom. The first kappa shape index (κ1) is 15.1. The van der Waals surface area contributed by atoms with Crippen molar-refractivity contribution < 1.29 is 13.6 Å². The summed E-state index contributed by atoms with van der Waals surface area (Å²) < 4.78 is 28.3. The van der Waals surface area contributed by atoms with E-state index in [1.54, 1.807) is 18.5 Å². The van der Waals surface area contributed by atoms with Gasteiger partial charge in [0.15, 0.2) is 0 Å². The van der Waals surface area contributed by atoms with E-state index < -0.39 is 6.43 Å². The first-order valence-electron chi connectivity index (χ1n) is 6.99. The van der Waals surface area contributed by atoms with Crippen molar-refractivity contribution in [2.45, 2.75) is 19.9 Å². The van der Waals surface area contributed by atoms with Crippen LogP contribution in [-0.4, -0.2) is 25.2 Å². The summed E-state index contributed by atoms with van der Waals surface area (Å²) in [6.07, 6.45) is -2.65. The second-order valence-corrected chi connectivity index (χ2v) is 5.20. The Morgan fingerprint density at radius 2 is 2.09 bits per heavy atom. The number of fused-ring (bicyclic) bond motifs is 1. The van der Waals surface area contributed by atoms with Crippen LogP contribution in [0.5, 0.6) is 0 Å². The molecule has 2 heterocycles. The monoisotopic (exact) mass is 319 g/mol. The van der Waals surface area contributed by atoms with E-state index in [1.807, 2.05) is 24.3 Å². The van der Waals surface area contributed by atoms with Gasteiger partial charge in [-0.15, -0.1) is 0 Å². The molecule has 0 atom stereocenters. The molecule has 0 saturated carbocycles. The number of hydrogen-bond acceptors (Lipinski definition) is 3. The molecule has 3 rings (SSSR count). The number of carbonyl (C=O) groups is 1. The molecule has 0 unspecified atom stereocenters. The summed E-state index contributed by atoms with van der Waals surface area (Å²) in [7, 11) is 1.79. The number of imidazole rings is 1. The van der Waals surface area contributed by atoms with Gasteiger partial charge in [0, 0.05) is 12.7 Å². The van der Waals surface area contributed by atoms with E-state index in [9.17, 15) is 13.6 Å². The topological polar surface area (TPSA) is 64.7 Å². The minimum absolute atomic E-state index is 0.151. The molecule has 0 aliphatic rings. The maximum atomic E-state index is 12.6. The average molecular weight is 319 g/mol. The third-order valence-electron chi connectivity index (χ3n) is 3.56. The normalized spacial score (nSPS) is 11.3. The van der Waals surface area contributed by atoms with Gasteiger partial charge in [0.05, 0.1) is 11.0 Å². The second kappa shape index (κ2) is 5.79. The van der Waals surface area contributed by atoms with Crippen molar-refractivity contribution in [3.05, 3.63) is 41.7 Å². The number of amides is 1. The number of nitrogens with zero attached hydrogens (tertiary/aromatic N) is 4. The Labute approximate surface area is 130 Å². The highest BCUT2D eigenvalue weighted by Crippen LogP contribution is 2.19. The summed E-state index contributed by atoms with van der Waals surface area (Å²) in [6.45, 7) is 1.48. The largest absolute Gasteiger partial charge is 0.313 e. The zero-order chi connectivity index (χ0) is 16.6. The number of benzene rings is 1. The molecule has 120 valence electrons. The fourth-order valence-corrected chi connectivity index (χ4v) is 2.36. The molecule has 1 amide bonds. The SMILES string of the molecule is Cc1cc(C(F)F)nn1CC(=O)Nc1nc2ccccc2n1C. The predicted octanol–water partition coefficient (Wildman–Crippen LogP) is 2.65. The van der Waals surface area contributed by atoms with Crippen LogP contribution < -0.4 is 5.32 Å². The number of carbonyl (C=O) groups excluding carboxylic acids is 1. The Hall–Kier alpha value is -2.77. The number of aromatic nitrogens is 4. The molecule has 0 aliphatic heterocycles. The molecular weight excluding hydrogens is 304 g/mol. The van der Waals surface area contributed by atoms with Gasteiger partial charge >= 0.3 is 0 Å². The summed E-state index contributed by atoms with van der Waals surface area (Å²) in [4.78, 5) is 16.5. The molecule has 8 heteroatoms. The zero-order valence-corrected chi connectivity index (χ0v) is 12.6. The highest BCUT2D eigenvalue weighted by molar-refractivity contribution is 5.91. The van der Waals surface area contributed by atoms with Crippen LogP contribution in [-0.2, 0) is 18.4 Å². The van der Waals surface area contributed by atoms with Crippen molar-refractivity contribution in [3.8, 4) is 0 Å². The lowest BCUT2D eigenvalue weighted by Crippen LogP contribution is -2.22. The fourth-order valence-electron chi connectivity index (χ4n) is 2.36. The number of rotatable bonds is 4. The van der Waals surface area contributed by atoms with E-state index in [4.69, 9.17) is 0 Å². The lowest BCUT2D eigenvalue weighted by atomic mass is 10.3. The molecule has 23 heavy (non-hydrogen) atoms. The van der Waals surface area contributed by atoms with Crippen LogP contribution in [0.3, 0.4) is 0 Å². The number of anilines is 1. The van der Waals surface area contributed by atoms with Crippen molar-refractivity contribution >= 4 is 22.9 Å². The van der Waals surface area contributed by atoms with E-state index in [0.717, 1.165) is 11.0 Å². The molecule has 1 aromatic carbocycles. The number of aryl methyl sites for hydroxylation is 2. The van der Waals surface area contributed by atoms with Crippen molar-refractivity contribution in [3.63, 3.8) is 0 Å². The smallest absolute Gasteiger partial charge is 0.282 e. The van der Waals surface area contributed by atoms with Crippen LogP contribution >= 0.6 is 0 Å². The highest BCUT2D eigenvalue weighted by atomic mass is 19.3. The molecule has 0 saturated heterocycles. The van der Waals surface area contributed by atoms with Gasteiger partial charge in [-0.3, -0.25) is 14.8 Å². The quantitative estimate of drug-likeness (QED) is 0.804. The first-order valence-corrected chi connectivity index (χ1v) is 6.99. The van der Waals surface area contributed by atoms with E-state index >= 15 is 0 Å². The van der Waals surface area contributed by atoms with Crippen molar-refractivity contribution in [1.82, 2.24) is 19.3 Å². The highest BCUT2D eigenvalue weighted by Gasteiger charge is 2.16. The van der Waals surface area contributed by atoms with Crippen LogP contribution in [0, 0.1) is 6.92 Å². The minimum atomic E-state index is -2.65. The van der Waals surface area contributed by atoms with Crippen molar-refractivity contribution in [2.75, 3.05) is 5.32 Å². The van der Waals surface area contributed by atoms with E-state index in [0.29, 0.717) is 11.6 Å². The standard InChI is InChI=1S/C15H15F2N5O/c1-9-7-11(14(16)17)20-22(9)8-13(23)19-15-18-10-5-3-4-6-12(10)21(15)2/h3-7,14H,8H2,1-2H3,(H,18,19,23). The molecule has 0 spiro atoms. The zero-order valence-electron chi connectivity index (χ0n) is 12.6. The third kappa shape index (κ3) is 2.92. The maximum Gasteiger partial charge on any atom is 0.282 e. The van der Waals surface area contributed by atoms with Gasteiger partial charge in [-0.25, -0.2) is 13.8 Å². The predicted molar refractivity (Wildman–Crippen MR) is 81.3 cm³/mol. The fraction of sp³-hybridized carbons (Fsp3) is 0.267. The summed E-state index contributed by atoms with van der Waals surface area (Å²) >= 11 is 0. The Bertz CT molecular complexity index is 868. The van der Waals surface area contributed by atoms with Crippen LogP contribution in [0.15, 0.2) is 30.3 Å². The number of hydrogen-bond donors (Lipinski definition) is 1. The Kier molecular flexibility index (Phi) is 3.81. The van der Waals surface area contributed by atoms with Crippen LogP contribution in [0.25, 0.3) is 11.0 Å². The van der Waals surface area contributed by atoms with Gasteiger partial charge < -0.3 is 4.57 Å². The molecular formula is C15H15F2N5O. The maximum absolute atomic E-state index is 12.6. The molecule has 3 aromatic rings. The van der Waals surface area contributed by atoms with Gasteiger partial charge in [0.2, 0.25) is 11.9 Å². The molecule has 2 aromatic heterocycles. The van der Waals surface area contributed by atoms with Gasteiger partial charge in [-0.05, 0) is 25.1 Å². The molecule has 0 fully saturated rings. The van der Waals surface area contributed by atoms with Gasteiger partial charge in [-0.2, -0.15) is 5.10 Å². The average Bonchev–Trinajstić information content (AvgIpc) is 3.02. The van der Waals surface area contributed by atoms with E-state index in [1.165, 1.54) is 10.7 Å². The number of halogens is 2. The lowest BCUT2D eigenvalue weighted by Gasteiger charge is -2.06. The molecule has 6 nitrogen and oxygen atoms in total. The van der Waals surface area contributed by atoms with Gasteiger partial charge in [0.25, 0.3) is 6.43 Å². The summed E-state index contributed by atoms with van der Waals surface area (Å²) in [5.74, 6) is 0.0190.